The average molecular weight is 345 g/mol. The zero-order valence-electron chi connectivity index (χ0n) is 15.5. The number of para-hydroxylation sites is 2. The number of benzene rings is 1. The molecular formula is C20H32N4O. The second kappa shape index (κ2) is 9.78. The van der Waals surface area contributed by atoms with E-state index in [2.05, 4.69) is 46.0 Å². The number of ether oxygens (including phenoxy) is 1. The maximum absolute atomic E-state index is 5.41. The van der Waals surface area contributed by atoms with Crippen LogP contribution in [-0.4, -0.2) is 53.8 Å². The van der Waals surface area contributed by atoms with Crippen molar-refractivity contribution in [2.24, 2.45) is 0 Å². The van der Waals surface area contributed by atoms with Crippen molar-refractivity contribution in [2.75, 3.05) is 44.7 Å². The topological polar surface area (TPSA) is 42.3 Å². The number of nitrogens with one attached hydrogen (secondary N) is 1. The van der Waals surface area contributed by atoms with E-state index in [4.69, 9.17) is 9.72 Å². The summed E-state index contributed by atoms with van der Waals surface area (Å²) in [5.41, 5.74) is 2.34. The first kappa shape index (κ1) is 18.2. The molecule has 0 spiro atoms. The predicted octanol–water partition coefficient (Wildman–Crippen LogP) is 3.75. The molecule has 138 valence electrons. The number of aromatic nitrogens is 2. The molecule has 1 fully saturated rings. The van der Waals surface area contributed by atoms with Gasteiger partial charge in [-0.3, -0.25) is 4.90 Å². The first-order valence-electron chi connectivity index (χ1n) is 9.87. The van der Waals surface area contributed by atoms with Crippen LogP contribution in [0, 0.1) is 0 Å². The third-order valence-electron chi connectivity index (χ3n) is 4.93. The highest BCUT2D eigenvalue weighted by Gasteiger charge is 2.11. The molecule has 1 aromatic carbocycles. The summed E-state index contributed by atoms with van der Waals surface area (Å²) in [4.78, 5) is 7.30. The Kier molecular flexibility index (Phi) is 7.12. The van der Waals surface area contributed by atoms with Crippen LogP contribution in [0.2, 0.25) is 0 Å². The molecule has 0 bridgehead atoms. The minimum atomic E-state index is 0.876. The van der Waals surface area contributed by atoms with E-state index in [1.165, 1.54) is 31.2 Å². The molecule has 5 nitrogen and oxygen atoms in total. The van der Waals surface area contributed by atoms with Gasteiger partial charge < -0.3 is 14.6 Å². The smallest absolute Gasteiger partial charge is 0.203 e. The number of hydrogen-bond acceptors (Lipinski definition) is 4. The Hall–Kier alpha value is -1.59. The SMILES string of the molecule is CCCCCCn1c(NCCCN2CCOCC2)nc2ccccc21. The Bertz CT molecular complexity index is 634. The van der Waals surface area contributed by atoms with Gasteiger partial charge >= 0.3 is 0 Å². The predicted molar refractivity (Wildman–Crippen MR) is 104 cm³/mol. The van der Waals surface area contributed by atoms with Gasteiger partial charge in [-0.05, 0) is 31.5 Å². The van der Waals surface area contributed by atoms with E-state index in [0.717, 1.165) is 63.8 Å². The molecule has 0 amide bonds. The molecule has 25 heavy (non-hydrogen) atoms. The molecule has 1 aliphatic heterocycles. The zero-order valence-corrected chi connectivity index (χ0v) is 15.5. The van der Waals surface area contributed by atoms with E-state index < -0.39 is 0 Å². The fraction of sp³-hybridized carbons (Fsp3) is 0.650. The van der Waals surface area contributed by atoms with Gasteiger partial charge in [0.05, 0.1) is 24.2 Å². The number of imidazole rings is 1. The van der Waals surface area contributed by atoms with Crippen molar-refractivity contribution < 1.29 is 4.74 Å². The lowest BCUT2D eigenvalue weighted by atomic mass is 10.2. The molecule has 1 aromatic heterocycles. The fourth-order valence-electron chi connectivity index (χ4n) is 3.46. The summed E-state index contributed by atoms with van der Waals surface area (Å²) in [5, 5.41) is 3.58. The summed E-state index contributed by atoms with van der Waals surface area (Å²) in [6.45, 7) is 9.29. The Labute approximate surface area is 151 Å². The van der Waals surface area contributed by atoms with E-state index in [0.29, 0.717) is 0 Å². The Balaban J connectivity index is 1.55. The van der Waals surface area contributed by atoms with Gasteiger partial charge in [0.15, 0.2) is 0 Å². The first-order valence-corrected chi connectivity index (χ1v) is 9.87. The minimum Gasteiger partial charge on any atom is -0.379 e. The average Bonchev–Trinajstić information content (AvgIpc) is 3.01. The number of aryl methyl sites for hydroxylation is 1. The summed E-state index contributed by atoms with van der Waals surface area (Å²) < 4.78 is 7.77. The Morgan fingerprint density at radius 2 is 1.88 bits per heavy atom. The van der Waals surface area contributed by atoms with E-state index in [-0.39, 0.29) is 0 Å². The van der Waals surface area contributed by atoms with E-state index >= 15 is 0 Å². The molecule has 0 radical (unpaired) electrons. The van der Waals surface area contributed by atoms with Gasteiger partial charge in [0.25, 0.3) is 0 Å². The molecule has 1 N–H and O–H groups in total. The molecule has 0 saturated carbocycles. The van der Waals surface area contributed by atoms with Crippen LogP contribution in [0.5, 0.6) is 0 Å². The van der Waals surface area contributed by atoms with Crippen molar-refractivity contribution in [3.05, 3.63) is 24.3 Å². The number of hydrogen-bond donors (Lipinski definition) is 1. The van der Waals surface area contributed by atoms with Crippen LogP contribution >= 0.6 is 0 Å². The monoisotopic (exact) mass is 344 g/mol. The van der Waals surface area contributed by atoms with Crippen LogP contribution in [0.25, 0.3) is 11.0 Å². The first-order chi connectivity index (χ1) is 12.4. The van der Waals surface area contributed by atoms with E-state index in [9.17, 15) is 0 Å². The minimum absolute atomic E-state index is 0.876. The van der Waals surface area contributed by atoms with Gasteiger partial charge in [-0.15, -0.1) is 0 Å². The quantitative estimate of drug-likeness (QED) is 0.667. The van der Waals surface area contributed by atoms with Crippen molar-refractivity contribution in [3.8, 4) is 0 Å². The molecule has 0 aliphatic carbocycles. The van der Waals surface area contributed by atoms with Gasteiger partial charge in [-0.1, -0.05) is 38.3 Å². The third-order valence-corrected chi connectivity index (χ3v) is 4.93. The second-order valence-corrected chi connectivity index (χ2v) is 6.87. The number of unbranched alkanes of at least 4 members (excludes halogenated alkanes) is 3. The largest absolute Gasteiger partial charge is 0.379 e. The molecule has 3 rings (SSSR count). The normalized spacial score (nSPS) is 15.7. The number of nitrogens with zero attached hydrogens (tertiary/aromatic N) is 3. The fourth-order valence-corrected chi connectivity index (χ4v) is 3.46. The highest BCUT2D eigenvalue weighted by Crippen LogP contribution is 2.20. The maximum Gasteiger partial charge on any atom is 0.203 e. The van der Waals surface area contributed by atoms with Crippen molar-refractivity contribution >= 4 is 17.0 Å². The van der Waals surface area contributed by atoms with Crippen LogP contribution in [0.4, 0.5) is 5.95 Å². The number of fused-ring (bicyclic) bond motifs is 1. The molecule has 0 unspecified atom stereocenters. The van der Waals surface area contributed by atoms with Crippen molar-refractivity contribution in [1.29, 1.82) is 0 Å². The summed E-state index contributed by atoms with van der Waals surface area (Å²) in [6.07, 6.45) is 6.24. The van der Waals surface area contributed by atoms with E-state index in [1.807, 2.05) is 0 Å². The van der Waals surface area contributed by atoms with Crippen LogP contribution in [0.3, 0.4) is 0 Å². The standard InChI is InChI=1S/C20H32N4O/c1-2-3-4-7-13-24-19-10-6-5-9-18(19)22-20(24)21-11-8-12-23-14-16-25-17-15-23/h5-6,9-10H,2-4,7-8,11-17H2,1H3,(H,21,22). The maximum atomic E-state index is 5.41. The highest BCUT2D eigenvalue weighted by atomic mass is 16.5. The lowest BCUT2D eigenvalue weighted by Crippen LogP contribution is -2.37. The lowest BCUT2D eigenvalue weighted by Gasteiger charge is -2.26. The molecule has 1 aliphatic rings. The van der Waals surface area contributed by atoms with Gasteiger partial charge in [0.2, 0.25) is 5.95 Å². The second-order valence-electron chi connectivity index (χ2n) is 6.87. The summed E-state index contributed by atoms with van der Waals surface area (Å²) in [6, 6.07) is 8.46. The van der Waals surface area contributed by atoms with E-state index in [1.54, 1.807) is 0 Å². The third kappa shape index (κ3) is 5.19. The van der Waals surface area contributed by atoms with Gasteiger partial charge in [-0.2, -0.15) is 0 Å². The number of morpholine rings is 1. The molecule has 5 heteroatoms. The van der Waals surface area contributed by atoms with Crippen LogP contribution in [0.1, 0.15) is 39.0 Å². The van der Waals surface area contributed by atoms with Crippen LogP contribution in [-0.2, 0) is 11.3 Å². The van der Waals surface area contributed by atoms with Gasteiger partial charge in [0.1, 0.15) is 0 Å². The molecule has 2 aromatic rings. The van der Waals surface area contributed by atoms with Crippen molar-refractivity contribution in [3.63, 3.8) is 0 Å². The zero-order chi connectivity index (χ0) is 17.3. The molecule has 0 atom stereocenters. The Morgan fingerprint density at radius 1 is 1.04 bits per heavy atom. The summed E-state index contributed by atoms with van der Waals surface area (Å²) in [7, 11) is 0. The summed E-state index contributed by atoms with van der Waals surface area (Å²) in [5.74, 6) is 1.03. The molecule has 1 saturated heterocycles. The molecule has 2 heterocycles. The number of anilines is 1. The van der Waals surface area contributed by atoms with Gasteiger partial charge in [-0.25, -0.2) is 4.98 Å². The van der Waals surface area contributed by atoms with Crippen LogP contribution < -0.4 is 5.32 Å². The summed E-state index contributed by atoms with van der Waals surface area (Å²) >= 11 is 0. The van der Waals surface area contributed by atoms with Gasteiger partial charge in [0, 0.05) is 26.2 Å². The molecular weight excluding hydrogens is 312 g/mol. The lowest BCUT2D eigenvalue weighted by molar-refractivity contribution is 0.0378. The highest BCUT2D eigenvalue weighted by molar-refractivity contribution is 5.78. The van der Waals surface area contributed by atoms with Crippen molar-refractivity contribution in [2.45, 2.75) is 45.6 Å². The number of rotatable bonds is 10. The van der Waals surface area contributed by atoms with Crippen LogP contribution in [0.15, 0.2) is 24.3 Å². The Morgan fingerprint density at radius 3 is 2.72 bits per heavy atom. The van der Waals surface area contributed by atoms with Crippen molar-refractivity contribution in [1.82, 2.24) is 14.5 Å².